The SMILES string of the molecule is Cl.Oc1ccc2c(Oc3ccc(OCCN4CCCCC4)cc3)c(-c3c(F)cccc3F)ccc2c1. The van der Waals surface area contributed by atoms with E-state index in [4.69, 9.17) is 9.47 Å². The zero-order valence-electron chi connectivity index (χ0n) is 19.8. The van der Waals surface area contributed by atoms with Crippen LogP contribution in [0.3, 0.4) is 0 Å². The van der Waals surface area contributed by atoms with Crippen molar-refractivity contribution in [2.24, 2.45) is 0 Å². The van der Waals surface area contributed by atoms with Crippen molar-refractivity contribution in [3.05, 3.63) is 84.4 Å². The minimum atomic E-state index is -0.676. The van der Waals surface area contributed by atoms with E-state index in [0.29, 0.717) is 34.4 Å². The fourth-order valence-corrected chi connectivity index (χ4v) is 4.55. The molecule has 1 fully saturated rings. The number of phenols is 1. The van der Waals surface area contributed by atoms with Crippen LogP contribution in [0.2, 0.25) is 0 Å². The maximum Gasteiger partial charge on any atom is 0.143 e. The lowest BCUT2D eigenvalue weighted by Gasteiger charge is -2.26. The topological polar surface area (TPSA) is 41.9 Å². The molecule has 0 amide bonds. The van der Waals surface area contributed by atoms with Crippen LogP contribution in [-0.4, -0.2) is 36.2 Å². The first-order chi connectivity index (χ1) is 17.1. The molecule has 0 aromatic heterocycles. The van der Waals surface area contributed by atoms with Gasteiger partial charge >= 0.3 is 0 Å². The van der Waals surface area contributed by atoms with Gasteiger partial charge in [0.15, 0.2) is 0 Å². The summed E-state index contributed by atoms with van der Waals surface area (Å²) >= 11 is 0. The smallest absolute Gasteiger partial charge is 0.143 e. The molecule has 4 nitrogen and oxygen atoms in total. The molecular weight excluding hydrogens is 484 g/mol. The van der Waals surface area contributed by atoms with Crippen molar-refractivity contribution in [1.29, 1.82) is 0 Å². The molecule has 5 rings (SSSR count). The summed E-state index contributed by atoms with van der Waals surface area (Å²) in [6.07, 6.45) is 3.80. The van der Waals surface area contributed by atoms with Crippen molar-refractivity contribution >= 4 is 23.2 Å². The fourth-order valence-electron chi connectivity index (χ4n) is 4.55. The van der Waals surface area contributed by atoms with E-state index in [0.717, 1.165) is 25.4 Å². The maximum atomic E-state index is 14.7. The van der Waals surface area contributed by atoms with Gasteiger partial charge in [0, 0.05) is 17.5 Å². The van der Waals surface area contributed by atoms with Crippen molar-refractivity contribution in [3.63, 3.8) is 0 Å². The summed E-state index contributed by atoms with van der Waals surface area (Å²) in [5.41, 5.74) is 0.135. The molecule has 188 valence electrons. The Morgan fingerprint density at radius 2 is 1.50 bits per heavy atom. The minimum absolute atomic E-state index is 0. The molecule has 1 heterocycles. The number of rotatable bonds is 7. The zero-order chi connectivity index (χ0) is 24.2. The first-order valence-electron chi connectivity index (χ1n) is 11.9. The molecule has 0 radical (unpaired) electrons. The molecule has 0 spiro atoms. The highest BCUT2D eigenvalue weighted by Gasteiger charge is 2.19. The molecule has 1 saturated heterocycles. The van der Waals surface area contributed by atoms with Gasteiger partial charge in [0.25, 0.3) is 0 Å². The van der Waals surface area contributed by atoms with Crippen molar-refractivity contribution in [2.45, 2.75) is 19.3 Å². The minimum Gasteiger partial charge on any atom is -0.508 e. The third kappa shape index (κ3) is 5.72. The molecule has 7 heteroatoms. The number of aromatic hydroxyl groups is 1. The van der Waals surface area contributed by atoms with E-state index in [2.05, 4.69) is 4.90 Å². The van der Waals surface area contributed by atoms with Crippen molar-refractivity contribution < 1.29 is 23.4 Å². The Bertz CT molecular complexity index is 1300. The molecule has 4 aromatic rings. The molecule has 1 N–H and O–H groups in total. The number of benzene rings is 4. The molecule has 1 aliphatic heterocycles. The standard InChI is InChI=1S/C29H27F2NO3.ClH/c30-26-5-4-6-27(31)28(26)25-13-7-20-19-21(33)8-14-24(20)29(25)35-23-11-9-22(10-12-23)34-18-17-32-15-2-1-3-16-32;/h4-14,19,33H,1-3,15-18H2;1H. The van der Waals surface area contributed by atoms with Gasteiger partial charge in [-0.3, -0.25) is 4.90 Å². The number of phenolic OH excluding ortho intramolecular Hbond substituents is 1. The summed E-state index contributed by atoms with van der Waals surface area (Å²) in [7, 11) is 0. The fraction of sp³-hybridized carbons (Fsp3) is 0.241. The lowest BCUT2D eigenvalue weighted by molar-refractivity contribution is 0.183. The van der Waals surface area contributed by atoms with Crippen molar-refractivity contribution in [2.75, 3.05) is 26.2 Å². The third-order valence-electron chi connectivity index (χ3n) is 6.35. The predicted molar refractivity (Wildman–Crippen MR) is 141 cm³/mol. The lowest BCUT2D eigenvalue weighted by atomic mass is 9.98. The van der Waals surface area contributed by atoms with Gasteiger partial charge in [-0.1, -0.05) is 18.6 Å². The summed E-state index contributed by atoms with van der Waals surface area (Å²) in [5.74, 6) is 0.296. The molecule has 1 aliphatic rings. The highest BCUT2D eigenvalue weighted by molar-refractivity contribution is 5.96. The Kier molecular flexibility index (Phi) is 8.28. The molecule has 36 heavy (non-hydrogen) atoms. The first kappa shape index (κ1) is 25.7. The summed E-state index contributed by atoms with van der Waals surface area (Å²) in [6.45, 7) is 3.77. The van der Waals surface area contributed by atoms with Crippen LogP contribution in [0, 0.1) is 11.6 Å². The number of ether oxygens (including phenoxy) is 2. The summed E-state index contributed by atoms with van der Waals surface area (Å²) in [5, 5.41) is 11.2. The van der Waals surface area contributed by atoms with E-state index in [1.54, 1.807) is 36.4 Å². The molecule has 0 unspecified atom stereocenters. The van der Waals surface area contributed by atoms with Crippen molar-refractivity contribution in [1.82, 2.24) is 4.90 Å². The highest BCUT2D eigenvalue weighted by atomic mass is 35.5. The van der Waals surface area contributed by atoms with E-state index in [-0.39, 0.29) is 23.7 Å². The zero-order valence-corrected chi connectivity index (χ0v) is 20.6. The Hall–Kier alpha value is -3.35. The van der Waals surface area contributed by atoms with Crippen LogP contribution in [0.15, 0.2) is 72.8 Å². The third-order valence-corrected chi connectivity index (χ3v) is 6.35. The van der Waals surface area contributed by atoms with Crippen LogP contribution in [0.4, 0.5) is 8.78 Å². The van der Waals surface area contributed by atoms with Gasteiger partial charge in [0.1, 0.15) is 41.2 Å². The Balaban J connectivity index is 0.00000304. The van der Waals surface area contributed by atoms with Gasteiger partial charge in [-0.15, -0.1) is 12.4 Å². The summed E-state index contributed by atoms with van der Waals surface area (Å²) in [6, 6.07) is 19.1. The van der Waals surface area contributed by atoms with Crippen LogP contribution in [0.25, 0.3) is 21.9 Å². The predicted octanol–water partition coefficient (Wildman–Crippen LogP) is 7.57. The van der Waals surface area contributed by atoms with Gasteiger partial charge in [-0.2, -0.15) is 0 Å². The monoisotopic (exact) mass is 511 g/mol. The van der Waals surface area contributed by atoms with Crippen LogP contribution < -0.4 is 9.47 Å². The average Bonchev–Trinajstić information content (AvgIpc) is 2.86. The number of hydrogen-bond donors (Lipinski definition) is 1. The van der Waals surface area contributed by atoms with Crippen LogP contribution >= 0.6 is 12.4 Å². The summed E-state index contributed by atoms with van der Waals surface area (Å²) < 4.78 is 41.4. The normalized spacial score (nSPS) is 13.8. The van der Waals surface area contributed by atoms with Gasteiger partial charge in [-0.25, -0.2) is 8.78 Å². The van der Waals surface area contributed by atoms with E-state index in [1.165, 1.54) is 43.5 Å². The van der Waals surface area contributed by atoms with E-state index in [9.17, 15) is 13.9 Å². The number of fused-ring (bicyclic) bond motifs is 1. The Morgan fingerprint density at radius 3 is 2.22 bits per heavy atom. The number of likely N-dealkylation sites (tertiary alicyclic amines) is 1. The second-order valence-electron chi connectivity index (χ2n) is 8.77. The second kappa shape index (κ2) is 11.6. The molecular formula is C29H28ClF2NO3. The summed E-state index contributed by atoms with van der Waals surface area (Å²) in [4.78, 5) is 2.42. The highest BCUT2D eigenvalue weighted by Crippen LogP contribution is 2.42. The Labute approximate surface area is 215 Å². The molecule has 0 bridgehead atoms. The van der Waals surface area contributed by atoms with Gasteiger partial charge in [-0.05, 0) is 92.0 Å². The van der Waals surface area contributed by atoms with Gasteiger partial charge in [0.2, 0.25) is 0 Å². The van der Waals surface area contributed by atoms with Gasteiger partial charge < -0.3 is 14.6 Å². The molecule has 0 atom stereocenters. The molecule has 4 aromatic carbocycles. The number of halogens is 3. The van der Waals surface area contributed by atoms with E-state index < -0.39 is 11.6 Å². The average molecular weight is 512 g/mol. The van der Waals surface area contributed by atoms with Crippen LogP contribution in [0.5, 0.6) is 23.0 Å². The molecule has 0 saturated carbocycles. The van der Waals surface area contributed by atoms with Crippen LogP contribution in [0.1, 0.15) is 19.3 Å². The van der Waals surface area contributed by atoms with Gasteiger partial charge in [0.05, 0.1) is 5.56 Å². The largest absolute Gasteiger partial charge is 0.508 e. The second-order valence-corrected chi connectivity index (χ2v) is 8.77. The lowest BCUT2D eigenvalue weighted by Crippen LogP contribution is -2.33. The number of piperidine rings is 1. The maximum absolute atomic E-state index is 14.7. The molecule has 0 aliphatic carbocycles. The Morgan fingerprint density at radius 1 is 0.806 bits per heavy atom. The number of nitrogens with zero attached hydrogens (tertiary/aromatic N) is 1. The first-order valence-corrected chi connectivity index (χ1v) is 11.9. The van der Waals surface area contributed by atoms with Crippen LogP contribution in [-0.2, 0) is 0 Å². The quantitative estimate of drug-likeness (QED) is 0.278. The van der Waals surface area contributed by atoms with Crippen molar-refractivity contribution in [3.8, 4) is 34.1 Å². The number of hydrogen-bond acceptors (Lipinski definition) is 4. The van der Waals surface area contributed by atoms with E-state index in [1.807, 2.05) is 12.1 Å². The van der Waals surface area contributed by atoms with E-state index >= 15 is 0 Å².